The first-order valence-electron chi connectivity index (χ1n) is 8.90. The zero-order chi connectivity index (χ0) is 16.4. The first-order valence-corrected chi connectivity index (χ1v) is 10.6. The van der Waals surface area contributed by atoms with Crippen molar-refractivity contribution in [2.75, 3.05) is 12.8 Å². The van der Waals surface area contributed by atoms with E-state index >= 15 is 0 Å². The van der Waals surface area contributed by atoms with Crippen LogP contribution in [0.5, 0.6) is 0 Å². The van der Waals surface area contributed by atoms with Gasteiger partial charge >= 0.3 is 0 Å². The van der Waals surface area contributed by atoms with Gasteiger partial charge in [0.15, 0.2) is 0 Å². The largest absolute Gasteiger partial charge is 0.300 e. The number of thioether (sulfide) groups is 1. The molecule has 2 fully saturated rings. The van der Waals surface area contributed by atoms with Crippen LogP contribution in [0.25, 0.3) is 0 Å². The van der Waals surface area contributed by atoms with Gasteiger partial charge in [-0.25, -0.2) is 0 Å². The van der Waals surface area contributed by atoms with E-state index in [0.717, 1.165) is 39.6 Å². The lowest BCUT2D eigenvalue weighted by atomic mass is 9.78. The topological polar surface area (TPSA) is 3.24 Å². The third kappa shape index (κ3) is 3.86. The Bertz CT molecular complexity index is 536. The highest BCUT2D eigenvalue weighted by atomic mass is 35.5. The number of benzene rings is 1. The summed E-state index contributed by atoms with van der Waals surface area (Å²) < 4.78 is 0. The molecule has 4 heteroatoms. The van der Waals surface area contributed by atoms with E-state index in [-0.39, 0.29) is 0 Å². The van der Waals surface area contributed by atoms with E-state index in [1.165, 1.54) is 38.5 Å². The first-order chi connectivity index (χ1) is 11.1. The summed E-state index contributed by atoms with van der Waals surface area (Å²) in [7, 11) is 2.34. The molecule has 2 aliphatic heterocycles. The Morgan fingerprint density at radius 1 is 1.26 bits per heavy atom. The van der Waals surface area contributed by atoms with Gasteiger partial charge in [0.05, 0.1) is 10.0 Å². The molecule has 23 heavy (non-hydrogen) atoms. The van der Waals surface area contributed by atoms with Crippen LogP contribution >= 0.6 is 35.0 Å². The Morgan fingerprint density at radius 2 is 2.09 bits per heavy atom. The van der Waals surface area contributed by atoms with E-state index in [2.05, 4.69) is 24.9 Å². The lowest BCUT2D eigenvalue weighted by Gasteiger charge is -2.43. The fourth-order valence-electron chi connectivity index (χ4n) is 4.51. The van der Waals surface area contributed by atoms with Crippen LogP contribution in [-0.2, 0) is 0 Å². The fourth-order valence-corrected chi connectivity index (χ4v) is 6.30. The van der Waals surface area contributed by atoms with Gasteiger partial charge in [0.2, 0.25) is 0 Å². The fraction of sp³-hybridized carbons (Fsp3) is 0.684. The standard InChI is InChI=1S/C19H27Cl2NS/c1-3-4-6-13-11-14-9-10-17(22(14)2)15(13)12-23-18-8-5-7-16(20)19(18)21/h5,7-8,13-15,17H,3-4,6,9-12H2,1-2H3. The molecule has 0 N–H and O–H groups in total. The summed E-state index contributed by atoms with van der Waals surface area (Å²) in [5, 5.41) is 1.39. The minimum Gasteiger partial charge on any atom is -0.300 e. The average Bonchev–Trinajstić information content (AvgIpc) is 2.79. The van der Waals surface area contributed by atoms with Crippen LogP contribution < -0.4 is 0 Å². The summed E-state index contributed by atoms with van der Waals surface area (Å²) in [5.41, 5.74) is 0. The van der Waals surface area contributed by atoms with Gasteiger partial charge in [0.25, 0.3) is 0 Å². The first kappa shape index (κ1) is 17.9. The maximum atomic E-state index is 6.37. The molecule has 4 unspecified atom stereocenters. The van der Waals surface area contributed by atoms with Crippen molar-refractivity contribution in [3.63, 3.8) is 0 Å². The normalized spacial score (nSPS) is 30.8. The monoisotopic (exact) mass is 371 g/mol. The molecule has 128 valence electrons. The number of halogens is 2. The Labute approximate surface area is 155 Å². The second kappa shape index (κ2) is 7.99. The van der Waals surface area contributed by atoms with Crippen LogP contribution in [0.4, 0.5) is 0 Å². The quantitative estimate of drug-likeness (QED) is 0.534. The van der Waals surface area contributed by atoms with Crippen LogP contribution in [-0.4, -0.2) is 29.8 Å². The van der Waals surface area contributed by atoms with E-state index in [1.807, 2.05) is 23.9 Å². The highest BCUT2D eigenvalue weighted by Crippen LogP contribution is 2.46. The molecule has 2 saturated heterocycles. The van der Waals surface area contributed by atoms with Crippen LogP contribution in [0.3, 0.4) is 0 Å². The molecule has 0 spiro atoms. The van der Waals surface area contributed by atoms with Crippen molar-refractivity contribution in [1.29, 1.82) is 0 Å². The second-order valence-corrected chi connectivity index (χ2v) is 8.98. The zero-order valence-corrected chi connectivity index (χ0v) is 16.4. The van der Waals surface area contributed by atoms with Gasteiger partial charge in [-0.05, 0) is 50.3 Å². The van der Waals surface area contributed by atoms with Gasteiger partial charge in [-0.2, -0.15) is 0 Å². The second-order valence-electron chi connectivity index (χ2n) is 7.13. The predicted octanol–water partition coefficient (Wildman–Crippen LogP) is 6.37. The van der Waals surface area contributed by atoms with Gasteiger partial charge in [0, 0.05) is 22.7 Å². The van der Waals surface area contributed by atoms with Crippen molar-refractivity contribution in [3.8, 4) is 0 Å². The van der Waals surface area contributed by atoms with Crippen molar-refractivity contribution >= 4 is 35.0 Å². The molecule has 0 radical (unpaired) electrons. The molecular formula is C19H27Cl2NS. The molecule has 1 nitrogen and oxygen atoms in total. The molecule has 4 atom stereocenters. The van der Waals surface area contributed by atoms with Crippen molar-refractivity contribution in [1.82, 2.24) is 4.90 Å². The summed E-state index contributed by atoms with van der Waals surface area (Å²) in [6.07, 6.45) is 8.23. The van der Waals surface area contributed by atoms with E-state index in [1.54, 1.807) is 0 Å². The van der Waals surface area contributed by atoms with Crippen LogP contribution in [0.2, 0.25) is 10.0 Å². The number of rotatable bonds is 6. The van der Waals surface area contributed by atoms with Gasteiger partial charge in [0.1, 0.15) is 0 Å². The van der Waals surface area contributed by atoms with Crippen molar-refractivity contribution < 1.29 is 0 Å². The smallest absolute Gasteiger partial charge is 0.0728 e. The molecule has 2 heterocycles. The molecule has 0 amide bonds. The number of hydrogen-bond acceptors (Lipinski definition) is 2. The summed E-state index contributed by atoms with van der Waals surface area (Å²) in [4.78, 5) is 3.80. The molecule has 2 aliphatic rings. The van der Waals surface area contributed by atoms with E-state index < -0.39 is 0 Å². The van der Waals surface area contributed by atoms with Gasteiger partial charge in [-0.3, -0.25) is 0 Å². The summed E-state index contributed by atoms with van der Waals surface area (Å²) in [6.45, 7) is 2.30. The maximum absolute atomic E-state index is 6.37. The average molecular weight is 372 g/mol. The van der Waals surface area contributed by atoms with Gasteiger partial charge in [-0.15, -0.1) is 11.8 Å². The van der Waals surface area contributed by atoms with E-state index in [0.29, 0.717) is 5.02 Å². The third-order valence-corrected chi connectivity index (χ3v) is 7.98. The zero-order valence-electron chi connectivity index (χ0n) is 14.1. The highest BCUT2D eigenvalue weighted by Gasteiger charge is 2.44. The Kier molecular flexibility index (Phi) is 6.23. The minimum atomic E-state index is 0.667. The van der Waals surface area contributed by atoms with Crippen LogP contribution in [0.1, 0.15) is 45.4 Å². The third-order valence-electron chi connectivity index (χ3n) is 5.85. The van der Waals surface area contributed by atoms with Crippen LogP contribution in [0, 0.1) is 11.8 Å². The Hall–Kier alpha value is 0.110. The van der Waals surface area contributed by atoms with Crippen LogP contribution in [0.15, 0.2) is 23.1 Å². The summed E-state index contributed by atoms with van der Waals surface area (Å²) in [6, 6.07) is 7.57. The molecule has 0 saturated carbocycles. The minimum absolute atomic E-state index is 0.667. The molecule has 1 aromatic carbocycles. The molecule has 2 bridgehead atoms. The predicted molar refractivity (Wildman–Crippen MR) is 103 cm³/mol. The lowest BCUT2D eigenvalue weighted by Crippen LogP contribution is -2.47. The SMILES string of the molecule is CCCCC1CC2CCC(C1CSc1cccc(Cl)c1Cl)N2C. The van der Waals surface area contributed by atoms with Crippen molar-refractivity contribution in [2.24, 2.45) is 11.8 Å². The van der Waals surface area contributed by atoms with Gasteiger partial charge in [-0.1, -0.05) is 55.5 Å². The number of hydrogen-bond donors (Lipinski definition) is 0. The van der Waals surface area contributed by atoms with E-state index in [4.69, 9.17) is 23.2 Å². The summed E-state index contributed by atoms with van der Waals surface area (Å²) in [5.74, 6) is 2.83. The molecule has 3 rings (SSSR count). The Morgan fingerprint density at radius 3 is 2.87 bits per heavy atom. The molecule has 0 aliphatic carbocycles. The summed E-state index contributed by atoms with van der Waals surface area (Å²) >= 11 is 14.4. The highest BCUT2D eigenvalue weighted by molar-refractivity contribution is 7.99. The molecular weight excluding hydrogens is 345 g/mol. The number of piperidine rings is 1. The van der Waals surface area contributed by atoms with E-state index in [9.17, 15) is 0 Å². The maximum Gasteiger partial charge on any atom is 0.0728 e. The van der Waals surface area contributed by atoms with Gasteiger partial charge < -0.3 is 4.90 Å². The lowest BCUT2D eigenvalue weighted by molar-refractivity contribution is 0.0750. The number of nitrogens with zero attached hydrogens (tertiary/aromatic N) is 1. The Balaban J connectivity index is 1.70. The van der Waals surface area contributed by atoms with Crippen molar-refractivity contribution in [2.45, 2.75) is 62.4 Å². The molecule has 0 aromatic heterocycles. The number of fused-ring (bicyclic) bond motifs is 2. The number of unbranched alkanes of at least 4 members (excludes halogenated alkanes) is 1. The molecule has 1 aromatic rings. The van der Waals surface area contributed by atoms with Crippen molar-refractivity contribution in [3.05, 3.63) is 28.2 Å².